The fourth-order valence-electron chi connectivity index (χ4n) is 2.47. The molecule has 1 fully saturated rings. The van der Waals surface area contributed by atoms with Gasteiger partial charge in [0.1, 0.15) is 6.10 Å². The van der Waals surface area contributed by atoms with Crippen molar-refractivity contribution in [3.05, 3.63) is 0 Å². The van der Waals surface area contributed by atoms with Crippen LogP contribution in [-0.2, 0) is 18.8 Å². The van der Waals surface area contributed by atoms with E-state index in [-0.39, 0.29) is 29.4 Å². The number of ether oxygens (including phenoxy) is 1. The van der Waals surface area contributed by atoms with Gasteiger partial charge in [0.15, 0.2) is 8.32 Å². The maximum Gasteiger partial charge on any atom is 0.375 e. The van der Waals surface area contributed by atoms with E-state index in [4.69, 9.17) is 14.9 Å². The molecule has 1 heterocycles. The zero-order valence-electron chi connectivity index (χ0n) is 16.6. The number of nitrogens with two attached hydrogens (primary N) is 1. The van der Waals surface area contributed by atoms with Crippen LogP contribution in [0, 0.1) is 0 Å². The van der Waals surface area contributed by atoms with Crippen molar-refractivity contribution in [3.8, 4) is 0 Å². The van der Waals surface area contributed by atoms with Crippen LogP contribution in [0.3, 0.4) is 0 Å². The smallest absolute Gasteiger partial charge is 0.375 e. The molecule has 8 heteroatoms. The maximum atomic E-state index is 12.8. The van der Waals surface area contributed by atoms with E-state index in [2.05, 4.69) is 39.0 Å². The Morgan fingerprint density at radius 2 is 1.96 bits per heavy atom. The van der Waals surface area contributed by atoms with Crippen LogP contribution in [0.4, 0.5) is 0 Å². The summed E-state index contributed by atoms with van der Waals surface area (Å²) in [6, 6.07) is -0.111. The number of carbonyl (C=O) groups excluding carboxylic acids is 2. The molecular weight excluding hydrogens is 338 g/mol. The van der Waals surface area contributed by atoms with Gasteiger partial charge in [-0.05, 0) is 31.5 Å². The third-order valence-electron chi connectivity index (χ3n) is 4.90. The lowest BCUT2D eigenvalue weighted by molar-refractivity contribution is -0.135. The number of hydrogen-bond acceptors (Lipinski definition) is 5. The fourth-order valence-corrected chi connectivity index (χ4v) is 3.73. The second kappa shape index (κ2) is 8.31. The molecule has 2 N–H and O–H groups in total. The van der Waals surface area contributed by atoms with E-state index in [9.17, 15) is 9.59 Å². The highest BCUT2D eigenvalue weighted by Crippen LogP contribution is 2.39. The Balaban J connectivity index is 3.00. The standard InChI is InChI=1S/C17H33N3O4Si/c1-8-10-12-11-13(24-25(6,7)17(3,4)5)15(21)20(12)19-14(18)16(22)23-9-2/h12-13H,8-11H2,1-7H3,(H2,18,19). The number of hydrogen-bond donors (Lipinski definition) is 1. The van der Waals surface area contributed by atoms with Crippen LogP contribution in [0.2, 0.25) is 18.1 Å². The summed E-state index contributed by atoms with van der Waals surface area (Å²) >= 11 is 0. The Kier molecular flexibility index (Phi) is 7.19. The van der Waals surface area contributed by atoms with Crippen LogP contribution in [0.25, 0.3) is 0 Å². The molecule has 25 heavy (non-hydrogen) atoms. The van der Waals surface area contributed by atoms with E-state index in [1.54, 1.807) is 6.92 Å². The number of nitrogens with zero attached hydrogens (tertiary/aromatic N) is 2. The summed E-state index contributed by atoms with van der Waals surface area (Å²) in [4.78, 5) is 24.5. The highest BCUT2D eigenvalue weighted by atomic mass is 28.4. The summed E-state index contributed by atoms with van der Waals surface area (Å²) in [5.74, 6) is -1.24. The topological polar surface area (TPSA) is 94.2 Å². The largest absolute Gasteiger partial charge is 0.460 e. The van der Waals surface area contributed by atoms with Gasteiger partial charge in [-0.2, -0.15) is 0 Å². The van der Waals surface area contributed by atoms with Gasteiger partial charge in [0.25, 0.3) is 5.91 Å². The molecule has 0 saturated carbocycles. The number of carbonyl (C=O) groups is 2. The molecule has 0 spiro atoms. The first-order valence-corrected chi connectivity index (χ1v) is 11.9. The first-order valence-electron chi connectivity index (χ1n) is 8.96. The third-order valence-corrected chi connectivity index (χ3v) is 9.38. The monoisotopic (exact) mass is 371 g/mol. The molecule has 0 radical (unpaired) electrons. The van der Waals surface area contributed by atoms with E-state index in [1.165, 1.54) is 5.01 Å². The summed E-state index contributed by atoms with van der Waals surface area (Å²) in [6.45, 7) is 14.6. The van der Waals surface area contributed by atoms with Crippen molar-refractivity contribution < 1.29 is 18.8 Å². The molecule has 1 saturated heterocycles. The molecule has 0 aliphatic carbocycles. The highest BCUT2D eigenvalue weighted by molar-refractivity contribution is 6.74. The van der Waals surface area contributed by atoms with E-state index in [0.717, 1.165) is 12.8 Å². The van der Waals surface area contributed by atoms with Crippen LogP contribution >= 0.6 is 0 Å². The summed E-state index contributed by atoms with van der Waals surface area (Å²) in [5.41, 5.74) is 5.70. The lowest BCUT2D eigenvalue weighted by atomic mass is 10.1. The molecule has 1 aliphatic rings. The number of rotatable bonds is 6. The van der Waals surface area contributed by atoms with Crippen molar-refractivity contribution >= 4 is 26.0 Å². The molecule has 1 rings (SSSR count). The lowest BCUT2D eigenvalue weighted by Crippen LogP contribution is -2.46. The number of esters is 1. The number of amidine groups is 1. The van der Waals surface area contributed by atoms with Crippen molar-refractivity contribution in [1.29, 1.82) is 0 Å². The van der Waals surface area contributed by atoms with Crippen LogP contribution in [0.5, 0.6) is 0 Å². The number of amides is 1. The van der Waals surface area contributed by atoms with E-state index in [1.807, 2.05) is 6.92 Å². The van der Waals surface area contributed by atoms with Crippen molar-refractivity contribution in [1.82, 2.24) is 5.01 Å². The maximum absolute atomic E-state index is 12.8. The molecule has 2 atom stereocenters. The van der Waals surface area contributed by atoms with Gasteiger partial charge < -0.3 is 14.9 Å². The summed E-state index contributed by atoms with van der Waals surface area (Å²) < 4.78 is 11.1. The van der Waals surface area contributed by atoms with Gasteiger partial charge in [-0.3, -0.25) is 4.79 Å². The van der Waals surface area contributed by atoms with Crippen LogP contribution < -0.4 is 5.73 Å². The molecule has 144 valence electrons. The Bertz CT molecular complexity index is 528. The average molecular weight is 372 g/mol. The lowest BCUT2D eigenvalue weighted by Gasteiger charge is -2.37. The van der Waals surface area contributed by atoms with Gasteiger partial charge in [0, 0.05) is 6.42 Å². The summed E-state index contributed by atoms with van der Waals surface area (Å²) in [7, 11) is -2.09. The minimum Gasteiger partial charge on any atom is -0.460 e. The molecular formula is C17H33N3O4Si. The minimum absolute atomic E-state index is 0.00812. The van der Waals surface area contributed by atoms with Crippen molar-refractivity contribution in [2.45, 2.75) is 84.2 Å². The molecule has 2 unspecified atom stereocenters. The molecule has 1 aliphatic heterocycles. The first kappa shape index (κ1) is 21.6. The first-order chi connectivity index (χ1) is 11.4. The predicted octanol–water partition coefficient (Wildman–Crippen LogP) is 2.61. The van der Waals surface area contributed by atoms with Crippen molar-refractivity contribution in [2.75, 3.05) is 6.61 Å². The van der Waals surface area contributed by atoms with Gasteiger partial charge in [-0.25, -0.2) is 9.80 Å². The zero-order chi connectivity index (χ0) is 19.4. The summed E-state index contributed by atoms with van der Waals surface area (Å²) in [5, 5.41) is 5.39. The Morgan fingerprint density at radius 3 is 2.44 bits per heavy atom. The molecule has 0 aromatic carbocycles. The zero-order valence-corrected chi connectivity index (χ0v) is 17.6. The second-order valence-electron chi connectivity index (χ2n) is 7.93. The predicted molar refractivity (Wildman–Crippen MR) is 100 cm³/mol. The quantitative estimate of drug-likeness (QED) is 0.335. The van der Waals surface area contributed by atoms with Gasteiger partial charge in [0.2, 0.25) is 5.84 Å². The average Bonchev–Trinajstić information content (AvgIpc) is 2.75. The van der Waals surface area contributed by atoms with Gasteiger partial charge >= 0.3 is 5.97 Å². The van der Waals surface area contributed by atoms with E-state index >= 15 is 0 Å². The van der Waals surface area contributed by atoms with Gasteiger partial charge in [0.05, 0.1) is 12.6 Å². The van der Waals surface area contributed by atoms with Crippen molar-refractivity contribution in [3.63, 3.8) is 0 Å². The van der Waals surface area contributed by atoms with E-state index < -0.39 is 20.4 Å². The molecule has 1 amide bonds. The van der Waals surface area contributed by atoms with Crippen LogP contribution in [0.15, 0.2) is 5.10 Å². The Labute approximate surface area is 152 Å². The summed E-state index contributed by atoms with van der Waals surface area (Å²) in [6.07, 6.45) is 1.72. The van der Waals surface area contributed by atoms with Crippen LogP contribution in [0.1, 0.15) is 53.9 Å². The third kappa shape index (κ3) is 5.28. The normalized spacial score (nSPS) is 22.4. The Morgan fingerprint density at radius 1 is 1.36 bits per heavy atom. The van der Waals surface area contributed by atoms with E-state index in [0.29, 0.717) is 6.42 Å². The fraction of sp³-hybridized carbons (Fsp3) is 0.824. The Hall–Kier alpha value is -1.41. The van der Waals surface area contributed by atoms with Crippen molar-refractivity contribution in [2.24, 2.45) is 10.8 Å². The highest BCUT2D eigenvalue weighted by Gasteiger charge is 2.46. The molecule has 0 bridgehead atoms. The van der Waals surface area contributed by atoms with Crippen LogP contribution in [-0.4, -0.2) is 49.8 Å². The molecule has 0 aromatic rings. The number of hydrazone groups is 1. The molecule has 7 nitrogen and oxygen atoms in total. The van der Waals surface area contributed by atoms with Gasteiger partial charge in [-0.1, -0.05) is 34.1 Å². The minimum atomic E-state index is -2.09. The molecule has 0 aromatic heterocycles. The van der Waals surface area contributed by atoms with Gasteiger partial charge in [-0.15, -0.1) is 5.10 Å². The second-order valence-corrected chi connectivity index (χ2v) is 12.7. The SMILES string of the molecule is CCCC1CC(O[Si](C)(C)C(C)(C)C)C(=O)N1/N=C(\N)C(=O)OCC.